The van der Waals surface area contributed by atoms with Crippen molar-refractivity contribution in [1.29, 1.82) is 0 Å². The van der Waals surface area contributed by atoms with E-state index in [1.807, 2.05) is 13.0 Å². The molecule has 4 atom stereocenters. The molecule has 114 valence electrons. The Labute approximate surface area is 122 Å². The molecule has 2 fully saturated rings. The second-order valence-corrected chi connectivity index (χ2v) is 5.05. The summed E-state index contributed by atoms with van der Waals surface area (Å²) in [5.41, 5.74) is 0.499. The van der Waals surface area contributed by atoms with Crippen LogP contribution in [0.1, 0.15) is 17.3 Å². The molecule has 0 N–H and O–H groups in total. The van der Waals surface area contributed by atoms with Crippen LogP contribution in [0.25, 0.3) is 0 Å². The van der Waals surface area contributed by atoms with Crippen LogP contribution in [-0.4, -0.2) is 50.6 Å². The maximum Gasteiger partial charge on any atom is 0.338 e. The fourth-order valence-corrected chi connectivity index (χ4v) is 2.50. The summed E-state index contributed by atoms with van der Waals surface area (Å²) >= 11 is 0. The molecule has 0 radical (unpaired) electrons. The first-order valence-corrected chi connectivity index (χ1v) is 6.94. The van der Waals surface area contributed by atoms with Crippen molar-refractivity contribution < 1.29 is 28.5 Å². The first kappa shape index (κ1) is 14.5. The predicted octanol–water partition coefficient (Wildman–Crippen LogP) is 1.35. The molecule has 0 unspecified atom stereocenters. The van der Waals surface area contributed by atoms with Crippen molar-refractivity contribution in [2.45, 2.75) is 31.3 Å². The van der Waals surface area contributed by atoms with E-state index in [1.165, 1.54) is 0 Å². The first-order chi connectivity index (χ1) is 10.3. The molecule has 2 heterocycles. The van der Waals surface area contributed by atoms with E-state index in [0.717, 1.165) is 0 Å². The van der Waals surface area contributed by atoms with Gasteiger partial charge in [0.1, 0.15) is 25.8 Å². The van der Waals surface area contributed by atoms with E-state index in [0.29, 0.717) is 5.56 Å². The average molecular weight is 294 g/mol. The fraction of sp³-hybridized carbons (Fsp3) is 0.533. The van der Waals surface area contributed by atoms with Gasteiger partial charge in [-0.05, 0) is 19.1 Å². The van der Waals surface area contributed by atoms with E-state index in [2.05, 4.69) is 0 Å². The third-order valence-corrected chi connectivity index (χ3v) is 3.64. The number of benzene rings is 1. The van der Waals surface area contributed by atoms with Crippen molar-refractivity contribution >= 4 is 5.97 Å². The zero-order chi connectivity index (χ0) is 14.7. The Kier molecular flexibility index (Phi) is 4.50. The number of rotatable bonds is 3. The highest BCUT2D eigenvalue weighted by atomic mass is 16.7. The van der Waals surface area contributed by atoms with Gasteiger partial charge >= 0.3 is 5.97 Å². The van der Waals surface area contributed by atoms with E-state index < -0.39 is 12.1 Å². The third-order valence-electron chi connectivity index (χ3n) is 3.64. The van der Waals surface area contributed by atoms with Crippen LogP contribution in [0.4, 0.5) is 0 Å². The molecule has 0 aromatic heterocycles. The summed E-state index contributed by atoms with van der Waals surface area (Å²) in [5, 5.41) is 0. The van der Waals surface area contributed by atoms with Crippen LogP contribution in [0.2, 0.25) is 0 Å². The van der Waals surface area contributed by atoms with Crippen molar-refractivity contribution in [3.05, 3.63) is 35.9 Å². The van der Waals surface area contributed by atoms with Crippen LogP contribution in [0.5, 0.6) is 0 Å². The Bertz CT molecular complexity index is 476. The molecule has 21 heavy (non-hydrogen) atoms. The number of hydrogen-bond acceptors (Lipinski definition) is 6. The van der Waals surface area contributed by atoms with Crippen LogP contribution in [0, 0.1) is 0 Å². The smallest absolute Gasteiger partial charge is 0.338 e. The van der Waals surface area contributed by atoms with Gasteiger partial charge in [0.25, 0.3) is 0 Å². The molecule has 6 heteroatoms. The standard InChI is InChI=1S/C15H18O6/c1-10-13(20-9-18-10)14-12(7-17-8-19-14)21-15(16)11-5-3-2-4-6-11/h2-6,10,12-14H,7-9H2,1H3/t10-,12+,13-,14-/m0/s1. The van der Waals surface area contributed by atoms with E-state index in [-0.39, 0.29) is 38.5 Å². The average Bonchev–Trinajstić information content (AvgIpc) is 2.95. The van der Waals surface area contributed by atoms with Crippen molar-refractivity contribution in [3.63, 3.8) is 0 Å². The lowest BCUT2D eigenvalue weighted by Gasteiger charge is -2.34. The third kappa shape index (κ3) is 3.24. The second-order valence-electron chi connectivity index (χ2n) is 5.05. The Morgan fingerprint density at radius 2 is 1.86 bits per heavy atom. The molecule has 2 aliphatic heterocycles. The lowest BCUT2D eigenvalue weighted by Crippen LogP contribution is -2.51. The fourth-order valence-electron chi connectivity index (χ4n) is 2.50. The SMILES string of the molecule is C[C@@H]1OCO[C@@H]1[C@H]1OCOC[C@H]1OC(=O)c1ccccc1. The number of esters is 1. The maximum atomic E-state index is 12.1. The Balaban J connectivity index is 1.68. The topological polar surface area (TPSA) is 63.2 Å². The molecule has 3 rings (SSSR count). The number of ether oxygens (including phenoxy) is 5. The van der Waals surface area contributed by atoms with E-state index in [1.54, 1.807) is 24.3 Å². The van der Waals surface area contributed by atoms with Gasteiger partial charge in [0.2, 0.25) is 0 Å². The van der Waals surface area contributed by atoms with Crippen molar-refractivity contribution in [2.24, 2.45) is 0 Å². The molecular weight excluding hydrogens is 276 g/mol. The van der Waals surface area contributed by atoms with E-state index in [4.69, 9.17) is 23.7 Å². The molecule has 1 aromatic carbocycles. The predicted molar refractivity (Wildman–Crippen MR) is 71.6 cm³/mol. The first-order valence-electron chi connectivity index (χ1n) is 6.94. The quantitative estimate of drug-likeness (QED) is 0.784. The largest absolute Gasteiger partial charge is 0.453 e. The van der Waals surface area contributed by atoms with E-state index in [9.17, 15) is 4.79 Å². The van der Waals surface area contributed by atoms with Crippen molar-refractivity contribution in [1.82, 2.24) is 0 Å². The van der Waals surface area contributed by atoms with Crippen LogP contribution in [0.3, 0.4) is 0 Å². The van der Waals surface area contributed by atoms with Crippen LogP contribution in [-0.2, 0) is 23.7 Å². The molecule has 2 saturated heterocycles. The Hall–Kier alpha value is -1.47. The van der Waals surface area contributed by atoms with Gasteiger partial charge in [-0.15, -0.1) is 0 Å². The van der Waals surface area contributed by atoms with Gasteiger partial charge in [-0.25, -0.2) is 4.79 Å². The summed E-state index contributed by atoms with van der Waals surface area (Å²) < 4.78 is 27.3. The summed E-state index contributed by atoms with van der Waals surface area (Å²) in [7, 11) is 0. The van der Waals surface area contributed by atoms with Gasteiger partial charge in [0.15, 0.2) is 6.10 Å². The van der Waals surface area contributed by atoms with Crippen molar-refractivity contribution in [3.8, 4) is 0 Å². The Morgan fingerprint density at radius 3 is 2.57 bits per heavy atom. The van der Waals surface area contributed by atoms with Crippen LogP contribution >= 0.6 is 0 Å². The zero-order valence-corrected chi connectivity index (χ0v) is 11.8. The van der Waals surface area contributed by atoms with Gasteiger partial charge in [0.05, 0.1) is 18.3 Å². The molecule has 2 aliphatic rings. The summed E-state index contributed by atoms with van der Waals surface area (Å²) in [6.45, 7) is 2.59. The normalized spacial score (nSPS) is 32.8. The molecular formula is C15H18O6. The maximum absolute atomic E-state index is 12.1. The highest BCUT2D eigenvalue weighted by Crippen LogP contribution is 2.25. The number of carbonyl (C=O) groups excluding carboxylic acids is 1. The Morgan fingerprint density at radius 1 is 1.10 bits per heavy atom. The van der Waals surface area contributed by atoms with E-state index >= 15 is 0 Å². The van der Waals surface area contributed by atoms with Gasteiger partial charge in [-0.3, -0.25) is 0 Å². The summed E-state index contributed by atoms with van der Waals surface area (Å²) in [4.78, 5) is 12.1. The van der Waals surface area contributed by atoms with Gasteiger partial charge < -0.3 is 23.7 Å². The highest BCUT2D eigenvalue weighted by molar-refractivity contribution is 5.89. The molecule has 1 aromatic rings. The highest BCUT2D eigenvalue weighted by Gasteiger charge is 2.42. The van der Waals surface area contributed by atoms with Crippen molar-refractivity contribution in [2.75, 3.05) is 20.2 Å². The summed E-state index contributed by atoms with van der Waals surface area (Å²) in [5.74, 6) is -0.397. The van der Waals surface area contributed by atoms with Gasteiger partial charge in [-0.2, -0.15) is 0 Å². The minimum atomic E-state index is -0.513. The van der Waals surface area contributed by atoms with Gasteiger partial charge in [0, 0.05) is 0 Å². The minimum absolute atomic E-state index is 0.106. The van der Waals surface area contributed by atoms with Crippen LogP contribution < -0.4 is 0 Å². The molecule has 0 amide bonds. The lowest BCUT2D eigenvalue weighted by atomic mass is 10.0. The molecule has 0 saturated carbocycles. The molecule has 6 nitrogen and oxygen atoms in total. The molecule has 0 aliphatic carbocycles. The monoisotopic (exact) mass is 294 g/mol. The number of hydrogen-bond donors (Lipinski definition) is 0. The molecule has 0 bridgehead atoms. The second kappa shape index (κ2) is 6.53. The van der Waals surface area contributed by atoms with Crippen LogP contribution in [0.15, 0.2) is 30.3 Å². The lowest BCUT2D eigenvalue weighted by molar-refractivity contribution is -0.221. The zero-order valence-electron chi connectivity index (χ0n) is 11.8. The summed E-state index contributed by atoms with van der Waals surface area (Å²) in [6, 6.07) is 8.84. The molecule has 0 spiro atoms. The minimum Gasteiger partial charge on any atom is -0.453 e. The number of carbonyl (C=O) groups is 1. The summed E-state index contributed by atoms with van der Waals surface area (Å²) in [6.07, 6.45) is -1.27. The van der Waals surface area contributed by atoms with Gasteiger partial charge in [-0.1, -0.05) is 18.2 Å².